The van der Waals surface area contributed by atoms with E-state index in [9.17, 15) is 14.0 Å². The van der Waals surface area contributed by atoms with Crippen LogP contribution in [0.4, 0.5) is 10.1 Å². The highest BCUT2D eigenvalue weighted by Crippen LogP contribution is 2.41. The number of fused-ring (bicyclic) bond motifs is 2. The highest BCUT2D eigenvalue weighted by atomic mass is 32.2. The van der Waals surface area contributed by atoms with Crippen LogP contribution in [0.1, 0.15) is 31.2 Å². The van der Waals surface area contributed by atoms with Crippen LogP contribution in [-0.4, -0.2) is 16.8 Å². The zero-order valence-corrected chi connectivity index (χ0v) is 17.3. The number of hydrogen-bond donors (Lipinski definition) is 0. The number of rotatable bonds is 4. The number of halogens is 1. The lowest BCUT2D eigenvalue weighted by atomic mass is 9.81. The Bertz CT molecular complexity index is 1070. The molecule has 1 saturated heterocycles. The van der Waals surface area contributed by atoms with Crippen LogP contribution >= 0.6 is 23.1 Å². The highest BCUT2D eigenvalue weighted by molar-refractivity contribution is 8.00. The average Bonchev–Trinajstić information content (AvgIpc) is 3.26. The predicted molar refractivity (Wildman–Crippen MR) is 114 cm³/mol. The lowest BCUT2D eigenvalue weighted by Gasteiger charge is -2.19. The fraction of sp³-hybridized carbons (Fsp3) is 0.318. The second-order valence-corrected chi connectivity index (χ2v) is 9.81. The summed E-state index contributed by atoms with van der Waals surface area (Å²) in [7, 11) is 0. The van der Waals surface area contributed by atoms with Crippen LogP contribution in [-0.2, 0) is 15.3 Å². The van der Waals surface area contributed by atoms with Gasteiger partial charge in [-0.25, -0.2) is 9.37 Å². The Labute approximate surface area is 176 Å². The molecular formula is C22H19FN2O2S2. The molecule has 2 atom stereocenters. The summed E-state index contributed by atoms with van der Waals surface area (Å²) in [4.78, 5) is 31.7. The summed E-state index contributed by atoms with van der Waals surface area (Å²) in [5, 5.41) is 0. The Balaban J connectivity index is 1.37. The van der Waals surface area contributed by atoms with Crippen molar-refractivity contribution in [3.8, 4) is 0 Å². The Kier molecular flexibility index (Phi) is 4.87. The van der Waals surface area contributed by atoms with Gasteiger partial charge in [0, 0.05) is 5.75 Å². The summed E-state index contributed by atoms with van der Waals surface area (Å²) in [6.07, 6.45) is 3.69. The number of imide groups is 1. The van der Waals surface area contributed by atoms with Crippen molar-refractivity contribution in [2.24, 2.45) is 11.8 Å². The molecular weight excluding hydrogens is 407 g/mol. The third-order valence-corrected chi connectivity index (χ3v) is 7.96. The van der Waals surface area contributed by atoms with Gasteiger partial charge < -0.3 is 0 Å². The minimum atomic E-state index is -0.239. The van der Waals surface area contributed by atoms with E-state index >= 15 is 0 Å². The fourth-order valence-electron chi connectivity index (χ4n) is 4.24. The smallest absolute Gasteiger partial charge is 0.237 e. The maximum atomic E-state index is 13.0. The summed E-state index contributed by atoms with van der Waals surface area (Å²) in [6.45, 7) is 0. The van der Waals surface area contributed by atoms with Gasteiger partial charge in [0.05, 0.1) is 27.7 Å². The molecule has 2 aliphatic rings. The van der Waals surface area contributed by atoms with Crippen LogP contribution in [0.3, 0.4) is 0 Å². The maximum Gasteiger partial charge on any atom is 0.237 e. The van der Waals surface area contributed by atoms with Crippen LogP contribution in [0.25, 0.3) is 10.2 Å². The number of anilines is 1. The van der Waals surface area contributed by atoms with Crippen molar-refractivity contribution in [1.82, 2.24) is 4.98 Å². The molecule has 1 aliphatic carbocycles. The van der Waals surface area contributed by atoms with Gasteiger partial charge in [-0.15, -0.1) is 11.3 Å². The van der Waals surface area contributed by atoms with E-state index in [0.29, 0.717) is 11.4 Å². The van der Waals surface area contributed by atoms with Crippen molar-refractivity contribution in [3.63, 3.8) is 0 Å². The number of hydrogen-bond acceptors (Lipinski definition) is 5. The zero-order valence-electron chi connectivity index (χ0n) is 15.6. The highest BCUT2D eigenvalue weighted by Gasteiger charge is 2.48. The largest absolute Gasteiger partial charge is 0.274 e. The summed E-state index contributed by atoms with van der Waals surface area (Å²) in [6, 6.07) is 12.1. The quantitative estimate of drug-likeness (QED) is 0.414. The molecule has 2 heterocycles. The second-order valence-electron chi connectivity index (χ2n) is 7.56. The van der Waals surface area contributed by atoms with Gasteiger partial charge in [0.2, 0.25) is 11.8 Å². The number of aromatic nitrogens is 1. The topological polar surface area (TPSA) is 50.3 Å². The number of amides is 2. The molecule has 3 aromatic rings. The molecule has 0 N–H and O–H groups in total. The monoisotopic (exact) mass is 426 g/mol. The van der Waals surface area contributed by atoms with Gasteiger partial charge in [0.1, 0.15) is 5.82 Å². The number of benzene rings is 2. The van der Waals surface area contributed by atoms with Gasteiger partial charge >= 0.3 is 0 Å². The molecule has 7 heteroatoms. The van der Waals surface area contributed by atoms with Crippen LogP contribution in [0.5, 0.6) is 0 Å². The Hall–Kier alpha value is -2.25. The molecule has 2 amide bonds. The first-order valence-corrected chi connectivity index (χ1v) is 11.6. The number of carbonyl (C=O) groups is 2. The number of thiazole rings is 1. The van der Waals surface area contributed by atoms with Gasteiger partial charge in [-0.2, -0.15) is 0 Å². The number of nitrogens with zero attached hydrogens (tertiary/aromatic N) is 2. The molecule has 2 aromatic carbocycles. The first-order valence-electron chi connectivity index (χ1n) is 9.76. The SMILES string of the molecule is O=C1[C@H]2CCCC[C@H]2C(=O)N1c1ccc2nc(SCc3ccc(F)cc3)sc2c1. The van der Waals surface area contributed by atoms with E-state index in [1.165, 1.54) is 17.0 Å². The predicted octanol–water partition coefficient (Wildman–Crippen LogP) is 5.41. The van der Waals surface area contributed by atoms with Crippen molar-refractivity contribution in [2.75, 3.05) is 4.90 Å². The molecule has 1 aliphatic heterocycles. The lowest BCUT2D eigenvalue weighted by Crippen LogP contribution is -2.30. The lowest BCUT2D eigenvalue weighted by molar-refractivity contribution is -0.122. The van der Waals surface area contributed by atoms with E-state index in [-0.39, 0.29) is 29.5 Å². The molecule has 29 heavy (non-hydrogen) atoms. The Morgan fingerprint density at radius 1 is 1.03 bits per heavy atom. The Morgan fingerprint density at radius 2 is 1.72 bits per heavy atom. The first-order chi connectivity index (χ1) is 14.1. The van der Waals surface area contributed by atoms with E-state index in [1.807, 2.05) is 18.2 Å². The molecule has 0 spiro atoms. The van der Waals surface area contributed by atoms with Gasteiger partial charge in [0.15, 0.2) is 4.34 Å². The molecule has 0 bridgehead atoms. The molecule has 2 fully saturated rings. The third kappa shape index (κ3) is 3.46. The summed E-state index contributed by atoms with van der Waals surface area (Å²) >= 11 is 3.15. The van der Waals surface area contributed by atoms with Crippen molar-refractivity contribution in [3.05, 3.63) is 53.8 Å². The van der Waals surface area contributed by atoms with Crippen LogP contribution in [0.15, 0.2) is 46.8 Å². The molecule has 0 radical (unpaired) electrons. The molecule has 0 unspecified atom stereocenters. The zero-order chi connectivity index (χ0) is 20.0. The third-order valence-electron chi connectivity index (χ3n) is 5.73. The van der Waals surface area contributed by atoms with E-state index in [1.54, 1.807) is 35.2 Å². The van der Waals surface area contributed by atoms with Crippen LogP contribution in [0.2, 0.25) is 0 Å². The van der Waals surface area contributed by atoms with Gasteiger partial charge in [0.25, 0.3) is 0 Å². The fourth-order valence-corrected chi connectivity index (χ4v) is 6.29. The van der Waals surface area contributed by atoms with Crippen LogP contribution < -0.4 is 4.90 Å². The van der Waals surface area contributed by atoms with Gasteiger partial charge in [-0.1, -0.05) is 36.7 Å². The van der Waals surface area contributed by atoms with Crippen LogP contribution in [0, 0.1) is 17.7 Å². The molecule has 148 valence electrons. The summed E-state index contributed by atoms with van der Waals surface area (Å²) in [5.74, 6) is 0.0888. The van der Waals surface area contributed by atoms with Crippen molar-refractivity contribution >= 4 is 50.8 Å². The van der Waals surface area contributed by atoms with Crippen molar-refractivity contribution < 1.29 is 14.0 Å². The molecule has 1 aromatic heterocycles. The maximum absolute atomic E-state index is 13.0. The normalized spacial score (nSPS) is 21.8. The standard InChI is InChI=1S/C22H19FN2O2S2/c23-14-7-5-13(6-8-14)12-28-22-24-18-10-9-15(11-19(18)29-22)25-20(26)16-3-1-2-4-17(16)21(25)27/h5-11,16-17H,1-4,12H2/t16-,17+. The van der Waals surface area contributed by atoms with E-state index in [2.05, 4.69) is 4.98 Å². The first kappa shape index (κ1) is 18.8. The van der Waals surface area contributed by atoms with Gasteiger partial charge in [-0.3, -0.25) is 14.5 Å². The average molecular weight is 427 g/mol. The number of carbonyl (C=O) groups excluding carboxylic acids is 2. The number of thioether (sulfide) groups is 1. The minimum Gasteiger partial charge on any atom is -0.274 e. The summed E-state index contributed by atoms with van der Waals surface area (Å²) < 4.78 is 14.9. The van der Waals surface area contributed by atoms with E-state index in [0.717, 1.165) is 45.8 Å². The molecule has 1 saturated carbocycles. The van der Waals surface area contributed by atoms with Crippen molar-refractivity contribution in [2.45, 2.75) is 35.8 Å². The summed E-state index contributed by atoms with van der Waals surface area (Å²) in [5.41, 5.74) is 2.55. The minimum absolute atomic E-state index is 0.0468. The Morgan fingerprint density at radius 3 is 2.41 bits per heavy atom. The van der Waals surface area contributed by atoms with E-state index in [4.69, 9.17) is 0 Å². The van der Waals surface area contributed by atoms with Gasteiger partial charge in [-0.05, 0) is 48.7 Å². The second kappa shape index (κ2) is 7.54. The molecule has 5 rings (SSSR count). The van der Waals surface area contributed by atoms with Crippen molar-refractivity contribution in [1.29, 1.82) is 0 Å². The molecule has 4 nitrogen and oxygen atoms in total. The van der Waals surface area contributed by atoms with E-state index < -0.39 is 0 Å².